The first kappa shape index (κ1) is 16.4. The molecule has 1 aliphatic rings. The molecule has 0 spiro atoms. The van der Waals surface area contributed by atoms with Crippen LogP contribution < -0.4 is 9.62 Å². The van der Waals surface area contributed by atoms with Crippen molar-refractivity contribution in [1.29, 1.82) is 0 Å². The molecule has 0 unspecified atom stereocenters. The van der Waals surface area contributed by atoms with E-state index in [4.69, 9.17) is 0 Å². The van der Waals surface area contributed by atoms with Crippen molar-refractivity contribution in [2.24, 2.45) is 0 Å². The van der Waals surface area contributed by atoms with Crippen molar-refractivity contribution >= 4 is 27.3 Å². The molecule has 5 nitrogen and oxygen atoms in total. The van der Waals surface area contributed by atoms with Gasteiger partial charge in [0.05, 0.1) is 11.4 Å². The summed E-state index contributed by atoms with van der Waals surface area (Å²) in [6, 6.07) is 9.19. The van der Waals surface area contributed by atoms with Crippen molar-refractivity contribution in [3.63, 3.8) is 0 Å². The number of rotatable bonds is 3. The van der Waals surface area contributed by atoms with E-state index in [1.54, 1.807) is 6.07 Å². The molecule has 1 heterocycles. The van der Waals surface area contributed by atoms with E-state index in [2.05, 4.69) is 5.32 Å². The summed E-state index contributed by atoms with van der Waals surface area (Å²) in [5.41, 5.74) is -0.0758. The Kier molecular flexibility index (Phi) is 4.23. The maximum absolute atomic E-state index is 13.6. The molecule has 0 radical (unpaired) electrons. The van der Waals surface area contributed by atoms with Gasteiger partial charge in [-0.05, 0) is 36.8 Å². The van der Waals surface area contributed by atoms with Crippen LogP contribution in [0, 0.1) is 11.6 Å². The molecule has 3 rings (SSSR count). The molecule has 0 atom stereocenters. The lowest BCUT2D eigenvalue weighted by Crippen LogP contribution is -2.25. The maximum Gasteiger partial charge on any atom is 0.255 e. The van der Waals surface area contributed by atoms with Crippen LogP contribution in [0.15, 0.2) is 42.5 Å². The Hall–Kier alpha value is -2.48. The number of carbonyl (C=O) groups excluding carboxylic acids is 1. The highest BCUT2D eigenvalue weighted by atomic mass is 32.2. The van der Waals surface area contributed by atoms with Crippen LogP contribution in [0.25, 0.3) is 0 Å². The number of nitrogens with zero attached hydrogens (tertiary/aromatic N) is 1. The van der Waals surface area contributed by atoms with Crippen LogP contribution in [0.2, 0.25) is 0 Å². The first-order chi connectivity index (χ1) is 11.4. The fraction of sp³-hybridized carbons (Fsp3) is 0.188. The van der Waals surface area contributed by atoms with Gasteiger partial charge in [-0.3, -0.25) is 9.10 Å². The second-order valence-corrected chi connectivity index (χ2v) is 7.36. The number of hydrogen-bond acceptors (Lipinski definition) is 3. The van der Waals surface area contributed by atoms with Gasteiger partial charge >= 0.3 is 0 Å². The molecule has 0 saturated carbocycles. The number of sulfonamides is 1. The Labute approximate surface area is 138 Å². The van der Waals surface area contributed by atoms with Crippen LogP contribution in [-0.2, 0) is 10.0 Å². The summed E-state index contributed by atoms with van der Waals surface area (Å²) in [5.74, 6) is -2.44. The smallest absolute Gasteiger partial charge is 0.255 e. The Bertz CT molecular complexity index is 880. The third-order valence-electron chi connectivity index (χ3n) is 3.70. The van der Waals surface area contributed by atoms with E-state index in [1.165, 1.54) is 28.6 Å². The summed E-state index contributed by atoms with van der Waals surface area (Å²) in [5, 5.41) is 2.18. The number of hydrogen-bond donors (Lipinski definition) is 1. The zero-order valence-corrected chi connectivity index (χ0v) is 13.3. The molecule has 0 bridgehead atoms. The van der Waals surface area contributed by atoms with Crippen molar-refractivity contribution in [2.75, 3.05) is 21.9 Å². The predicted molar refractivity (Wildman–Crippen MR) is 86.5 cm³/mol. The fourth-order valence-corrected chi connectivity index (χ4v) is 4.09. The van der Waals surface area contributed by atoms with Crippen molar-refractivity contribution < 1.29 is 22.0 Å². The van der Waals surface area contributed by atoms with Crippen molar-refractivity contribution in [3.05, 3.63) is 59.7 Å². The summed E-state index contributed by atoms with van der Waals surface area (Å²) in [7, 11) is -3.37. The first-order valence-electron chi connectivity index (χ1n) is 7.24. The molecule has 24 heavy (non-hydrogen) atoms. The third kappa shape index (κ3) is 3.09. The van der Waals surface area contributed by atoms with E-state index in [0.29, 0.717) is 18.7 Å². The topological polar surface area (TPSA) is 66.5 Å². The number of nitrogens with one attached hydrogen (secondary N) is 1. The number of anilines is 2. The lowest BCUT2D eigenvalue weighted by molar-refractivity contribution is 0.102. The quantitative estimate of drug-likeness (QED) is 0.924. The summed E-state index contributed by atoms with van der Waals surface area (Å²) < 4.78 is 52.4. The highest BCUT2D eigenvalue weighted by molar-refractivity contribution is 7.93. The largest absolute Gasteiger partial charge is 0.317 e. The zero-order chi connectivity index (χ0) is 17.3. The van der Waals surface area contributed by atoms with E-state index >= 15 is 0 Å². The molecule has 126 valence electrons. The van der Waals surface area contributed by atoms with Crippen molar-refractivity contribution in [3.8, 4) is 0 Å². The van der Waals surface area contributed by atoms with Gasteiger partial charge in [0.15, 0.2) is 0 Å². The normalized spacial score (nSPS) is 16.2. The van der Waals surface area contributed by atoms with Crippen LogP contribution >= 0.6 is 0 Å². The molecular weight excluding hydrogens is 338 g/mol. The zero-order valence-electron chi connectivity index (χ0n) is 12.5. The second-order valence-electron chi connectivity index (χ2n) is 5.34. The van der Waals surface area contributed by atoms with E-state index in [1.807, 2.05) is 0 Å². The van der Waals surface area contributed by atoms with Crippen LogP contribution in [-0.4, -0.2) is 26.6 Å². The molecule has 2 aromatic carbocycles. The average molecular weight is 352 g/mol. The van der Waals surface area contributed by atoms with E-state index in [9.17, 15) is 22.0 Å². The minimum atomic E-state index is -3.37. The van der Waals surface area contributed by atoms with Gasteiger partial charge in [0.25, 0.3) is 5.91 Å². The van der Waals surface area contributed by atoms with Crippen LogP contribution in [0.1, 0.15) is 16.8 Å². The Morgan fingerprint density at radius 3 is 2.38 bits per heavy atom. The van der Waals surface area contributed by atoms with Gasteiger partial charge in [-0.25, -0.2) is 17.2 Å². The summed E-state index contributed by atoms with van der Waals surface area (Å²) >= 11 is 0. The average Bonchev–Trinajstić information content (AvgIpc) is 2.90. The molecule has 1 N–H and O–H groups in total. The molecule has 8 heteroatoms. The minimum Gasteiger partial charge on any atom is -0.317 e. The molecule has 0 aromatic heterocycles. The first-order valence-corrected chi connectivity index (χ1v) is 8.85. The number of para-hydroxylation sites is 1. The summed E-state index contributed by atoms with van der Waals surface area (Å²) in [4.78, 5) is 12.2. The van der Waals surface area contributed by atoms with Gasteiger partial charge in [-0.2, -0.15) is 0 Å². The molecule has 1 fully saturated rings. The Balaban J connectivity index is 1.88. The van der Waals surface area contributed by atoms with E-state index in [0.717, 1.165) is 12.1 Å². The van der Waals surface area contributed by atoms with E-state index in [-0.39, 0.29) is 11.3 Å². The van der Waals surface area contributed by atoms with Crippen LogP contribution in [0.4, 0.5) is 20.2 Å². The Morgan fingerprint density at radius 2 is 1.75 bits per heavy atom. The van der Waals surface area contributed by atoms with Gasteiger partial charge in [0.2, 0.25) is 10.0 Å². The molecular formula is C16H14F2N2O3S. The summed E-state index contributed by atoms with van der Waals surface area (Å²) in [6.45, 7) is 0.343. The van der Waals surface area contributed by atoms with Crippen LogP contribution in [0.5, 0.6) is 0 Å². The lowest BCUT2D eigenvalue weighted by Gasteiger charge is -2.17. The molecule has 1 aliphatic heterocycles. The predicted octanol–water partition coefficient (Wildman–Crippen LogP) is 2.76. The van der Waals surface area contributed by atoms with Gasteiger partial charge < -0.3 is 5.32 Å². The van der Waals surface area contributed by atoms with Crippen molar-refractivity contribution in [2.45, 2.75) is 6.42 Å². The SMILES string of the molecule is O=C(Nc1c(F)cccc1F)c1cccc(N2CCCS2(=O)=O)c1. The van der Waals surface area contributed by atoms with Crippen molar-refractivity contribution in [1.82, 2.24) is 0 Å². The van der Waals surface area contributed by atoms with Gasteiger partial charge in [-0.15, -0.1) is 0 Å². The van der Waals surface area contributed by atoms with Gasteiger partial charge in [0, 0.05) is 12.1 Å². The molecule has 1 amide bonds. The minimum absolute atomic E-state index is 0.0594. The van der Waals surface area contributed by atoms with E-state index < -0.39 is 33.3 Å². The highest BCUT2D eigenvalue weighted by Crippen LogP contribution is 2.25. The lowest BCUT2D eigenvalue weighted by atomic mass is 10.1. The highest BCUT2D eigenvalue weighted by Gasteiger charge is 2.28. The fourth-order valence-electron chi connectivity index (χ4n) is 2.53. The number of halogens is 2. The Morgan fingerprint density at radius 1 is 1.08 bits per heavy atom. The van der Waals surface area contributed by atoms with Crippen LogP contribution in [0.3, 0.4) is 0 Å². The number of carbonyl (C=O) groups is 1. The molecule has 0 aliphatic carbocycles. The number of amides is 1. The second kappa shape index (κ2) is 6.20. The number of benzene rings is 2. The summed E-state index contributed by atoms with van der Waals surface area (Å²) in [6.07, 6.45) is 0.513. The maximum atomic E-state index is 13.6. The molecule has 2 aromatic rings. The van der Waals surface area contributed by atoms with Gasteiger partial charge in [-0.1, -0.05) is 12.1 Å². The standard InChI is InChI=1S/C16H14F2N2O3S/c17-13-6-2-7-14(18)15(13)19-16(21)11-4-1-5-12(10-11)20-8-3-9-24(20,22)23/h1-2,4-7,10H,3,8-9H2,(H,19,21). The van der Waals surface area contributed by atoms with Gasteiger partial charge in [0.1, 0.15) is 17.3 Å². The third-order valence-corrected chi connectivity index (χ3v) is 5.57. The monoisotopic (exact) mass is 352 g/mol. The molecule has 1 saturated heterocycles.